The van der Waals surface area contributed by atoms with Crippen molar-refractivity contribution in [2.75, 3.05) is 36.0 Å². The van der Waals surface area contributed by atoms with Gasteiger partial charge in [0.1, 0.15) is 11.6 Å². The molecule has 4 rings (SSSR count). The lowest BCUT2D eigenvalue weighted by Gasteiger charge is -2.37. The van der Waals surface area contributed by atoms with Gasteiger partial charge in [0.15, 0.2) is 0 Å². The van der Waals surface area contributed by atoms with Crippen molar-refractivity contribution in [2.45, 2.75) is 6.18 Å². The smallest absolute Gasteiger partial charge is 0.417 e. The van der Waals surface area contributed by atoms with Crippen LogP contribution in [0.5, 0.6) is 0 Å². The zero-order valence-electron chi connectivity index (χ0n) is 14.8. The van der Waals surface area contributed by atoms with E-state index in [0.717, 1.165) is 42.4 Å². The molecular formula is C20H17ClF3N3O. The third-order valence-electron chi connectivity index (χ3n) is 4.77. The number of hydrogen-bond donors (Lipinski definition) is 0. The maximum absolute atomic E-state index is 12.8. The number of anilines is 2. The highest BCUT2D eigenvalue weighted by Crippen LogP contribution is 2.34. The molecule has 4 nitrogen and oxygen atoms in total. The first-order chi connectivity index (χ1) is 13.4. The minimum absolute atomic E-state index is 0.0195. The third-order valence-corrected chi connectivity index (χ3v) is 5.04. The van der Waals surface area contributed by atoms with Gasteiger partial charge in [-0.2, -0.15) is 13.2 Å². The van der Waals surface area contributed by atoms with Crippen LogP contribution in [-0.4, -0.2) is 31.2 Å². The number of benzene rings is 1. The van der Waals surface area contributed by atoms with Crippen molar-refractivity contribution in [3.8, 4) is 11.3 Å². The molecule has 0 amide bonds. The number of rotatable bonds is 3. The summed E-state index contributed by atoms with van der Waals surface area (Å²) >= 11 is 6.06. The van der Waals surface area contributed by atoms with Gasteiger partial charge in [0, 0.05) is 43.6 Å². The van der Waals surface area contributed by atoms with Crippen LogP contribution in [0.1, 0.15) is 5.56 Å². The molecule has 0 bridgehead atoms. The Morgan fingerprint density at radius 2 is 1.64 bits per heavy atom. The molecule has 0 atom stereocenters. The Kier molecular flexibility index (Phi) is 4.93. The number of hydrogen-bond acceptors (Lipinski definition) is 4. The van der Waals surface area contributed by atoms with Crippen LogP contribution in [0.15, 0.2) is 59.3 Å². The summed E-state index contributed by atoms with van der Waals surface area (Å²) in [6, 6.07) is 12.8. The molecule has 28 heavy (non-hydrogen) atoms. The zero-order valence-corrected chi connectivity index (χ0v) is 15.5. The average molecular weight is 408 g/mol. The second kappa shape index (κ2) is 7.39. The van der Waals surface area contributed by atoms with Gasteiger partial charge < -0.3 is 14.2 Å². The first-order valence-corrected chi connectivity index (χ1v) is 9.16. The van der Waals surface area contributed by atoms with Crippen LogP contribution in [0.3, 0.4) is 0 Å². The van der Waals surface area contributed by atoms with Crippen LogP contribution < -0.4 is 9.80 Å². The van der Waals surface area contributed by atoms with Gasteiger partial charge in [-0.1, -0.05) is 11.6 Å². The highest BCUT2D eigenvalue weighted by Gasteiger charge is 2.32. The topological polar surface area (TPSA) is 32.5 Å². The molecule has 1 aromatic carbocycles. The third kappa shape index (κ3) is 3.80. The van der Waals surface area contributed by atoms with Crippen LogP contribution >= 0.6 is 11.6 Å². The van der Waals surface area contributed by atoms with E-state index in [1.54, 1.807) is 6.26 Å². The average Bonchev–Trinajstić information content (AvgIpc) is 3.22. The van der Waals surface area contributed by atoms with Gasteiger partial charge in [0.25, 0.3) is 0 Å². The second-order valence-electron chi connectivity index (χ2n) is 6.53. The Morgan fingerprint density at radius 3 is 2.21 bits per heavy atom. The molecule has 1 aliphatic heterocycles. The summed E-state index contributed by atoms with van der Waals surface area (Å²) < 4.78 is 43.7. The standard InChI is InChI=1S/C20H17ClF3N3O/c21-17-12-15(20(22,23)24)13-25-19(17)27-9-7-26(8-10-27)16-5-3-14(4-6-16)18-2-1-11-28-18/h1-6,11-13H,7-10H2. The molecule has 8 heteroatoms. The molecule has 0 N–H and O–H groups in total. The molecular weight excluding hydrogens is 391 g/mol. The first-order valence-electron chi connectivity index (χ1n) is 8.78. The molecule has 146 valence electrons. The fourth-order valence-electron chi connectivity index (χ4n) is 3.27. The Balaban J connectivity index is 1.42. The molecule has 3 aromatic rings. The Morgan fingerprint density at radius 1 is 0.964 bits per heavy atom. The quantitative estimate of drug-likeness (QED) is 0.586. The van der Waals surface area contributed by atoms with Crippen LogP contribution in [0.4, 0.5) is 24.7 Å². The van der Waals surface area contributed by atoms with Crippen LogP contribution in [0.25, 0.3) is 11.3 Å². The summed E-state index contributed by atoms with van der Waals surface area (Å²) in [7, 11) is 0. The second-order valence-corrected chi connectivity index (χ2v) is 6.93. The summed E-state index contributed by atoms with van der Waals surface area (Å²) in [5.74, 6) is 1.21. The first kappa shape index (κ1) is 18.7. The maximum Gasteiger partial charge on any atom is 0.417 e. The molecule has 0 aliphatic carbocycles. The van der Waals surface area contributed by atoms with Crippen molar-refractivity contribution < 1.29 is 17.6 Å². The normalized spacial score (nSPS) is 15.1. The Hall–Kier alpha value is -2.67. The number of pyridine rings is 1. The molecule has 1 fully saturated rings. The minimum Gasteiger partial charge on any atom is -0.464 e. The fraction of sp³-hybridized carbons (Fsp3) is 0.250. The number of nitrogens with zero attached hydrogens (tertiary/aromatic N) is 3. The predicted molar refractivity (Wildman–Crippen MR) is 103 cm³/mol. The highest BCUT2D eigenvalue weighted by molar-refractivity contribution is 6.33. The van der Waals surface area contributed by atoms with Gasteiger partial charge >= 0.3 is 6.18 Å². The number of alkyl halides is 3. The molecule has 1 aliphatic rings. The van der Waals surface area contributed by atoms with E-state index in [2.05, 4.69) is 9.88 Å². The number of aromatic nitrogens is 1. The molecule has 3 heterocycles. The fourth-order valence-corrected chi connectivity index (χ4v) is 3.56. The maximum atomic E-state index is 12.8. The highest BCUT2D eigenvalue weighted by atomic mass is 35.5. The van der Waals surface area contributed by atoms with E-state index in [1.165, 1.54) is 0 Å². The summed E-state index contributed by atoms with van der Waals surface area (Å²) in [6.45, 7) is 2.69. The van der Waals surface area contributed by atoms with E-state index in [0.29, 0.717) is 18.9 Å². The summed E-state index contributed by atoms with van der Waals surface area (Å²) in [4.78, 5) is 8.09. The Labute approximate surface area is 165 Å². The summed E-state index contributed by atoms with van der Waals surface area (Å²) in [5.41, 5.74) is 1.26. The monoisotopic (exact) mass is 407 g/mol. The van der Waals surface area contributed by atoms with Crippen molar-refractivity contribution >= 4 is 23.1 Å². The van der Waals surface area contributed by atoms with E-state index >= 15 is 0 Å². The van der Waals surface area contributed by atoms with Crippen molar-refractivity contribution in [3.63, 3.8) is 0 Å². The van der Waals surface area contributed by atoms with Gasteiger partial charge in [0.05, 0.1) is 16.8 Å². The largest absolute Gasteiger partial charge is 0.464 e. The van der Waals surface area contributed by atoms with Gasteiger partial charge in [-0.05, 0) is 42.5 Å². The summed E-state index contributed by atoms with van der Waals surface area (Å²) in [6.07, 6.45) is -1.97. The minimum atomic E-state index is -4.45. The van der Waals surface area contributed by atoms with Crippen LogP contribution in [0, 0.1) is 0 Å². The molecule has 0 spiro atoms. The van der Waals surface area contributed by atoms with E-state index in [4.69, 9.17) is 16.0 Å². The van der Waals surface area contributed by atoms with Crippen molar-refractivity contribution in [3.05, 3.63) is 65.5 Å². The molecule has 1 saturated heterocycles. The lowest BCUT2D eigenvalue weighted by molar-refractivity contribution is -0.137. The van der Waals surface area contributed by atoms with Crippen molar-refractivity contribution in [2.24, 2.45) is 0 Å². The zero-order chi connectivity index (χ0) is 19.7. The van der Waals surface area contributed by atoms with E-state index in [9.17, 15) is 13.2 Å². The number of halogens is 4. The van der Waals surface area contributed by atoms with Gasteiger partial charge in [-0.25, -0.2) is 4.98 Å². The van der Waals surface area contributed by atoms with E-state index in [-0.39, 0.29) is 5.02 Å². The predicted octanol–water partition coefficient (Wildman–Crippen LogP) is 5.34. The van der Waals surface area contributed by atoms with Gasteiger partial charge in [-0.3, -0.25) is 0 Å². The van der Waals surface area contributed by atoms with E-state index < -0.39 is 11.7 Å². The van der Waals surface area contributed by atoms with Crippen LogP contribution in [-0.2, 0) is 6.18 Å². The lowest BCUT2D eigenvalue weighted by atomic mass is 10.1. The SMILES string of the molecule is FC(F)(F)c1cnc(N2CCN(c3ccc(-c4ccco4)cc3)CC2)c(Cl)c1. The molecule has 2 aromatic heterocycles. The summed E-state index contributed by atoms with van der Waals surface area (Å²) in [5, 5.41) is 0.0195. The lowest BCUT2D eigenvalue weighted by Crippen LogP contribution is -2.47. The molecule has 0 radical (unpaired) electrons. The van der Waals surface area contributed by atoms with Gasteiger partial charge in [-0.15, -0.1) is 0 Å². The van der Waals surface area contributed by atoms with Crippen molar-refractivity contribution in [1.82, 2.24) is 4.98 Å². The molecule has 0 saturated carbocycles. The molecule has 0 unspecified atom stereocenters. The van der Waals surface area contributed by atoms with E-state index in [1.807, 2.05) is 41.3 Å². The van der Waals surface area contributed by atoms with Crippen LogP contribution in [0.2, 0.25) is 5.02 Å². The van der Waals surface area contributed by atoms with Crippen molar-refractivity contribution in [1.29, 1.82) is 0 Å². The number of piperazine rings is 1. The Bertz CT molecular complexity index is 934. The van der Waals surface area contributed by atoms with Gasteiger partial charge in [0.2, 0.25) is 0 Å². The number of furan rings is 1.